The minimum Gasteiger partial charge on any atom is -0.490 e. The SMILES string of the molecule is O=C(NC1CCC(C(=O)c2ccc(F)cc2)CC1)c1nc2ccc(OC3CCN(c4ccc(C(F)(F)F)cc4)CC3)cc2o1. The van der Waals surface area contributed by atoms with Gasteiger partial charge in [0.25, 0.3) is 5.89 Å². The molecule has 2 aliphatic rings. The van der Waals surface area contributed by atoms with Crippen LogP contribution in [-0.2, 0) is 6.18 Å². The van der Waals surface area contributed by atoms with Crippen LogP contribution in [0.4, 0.5) is 23.2 Å². The number of nitrogens with zero attached hydrogens (tertiary/aromatic N) is 2. The van der Waals surface area contributed by atoms with Crippen molar-refractivity contribution in [1.29, 1.82) is 0 Å². The fourth-order valence-corrected chi connectivity index (χ4v) is 5.96. The lowest BCUT2D eigenvalue weighted by Crippen LogP contribution is -2.38. The lowest BCUT2D eigenvalue weighted by molar-refractivity contribution is -0.137. The Morgan fingerprint density at radius 1 is 0.886 bits per heavy atom. The molecule has 0 unspecified atom stereocenters. The van der Waals surface area contributed by atoms with Crippen molar-refractivity contribution in [1.82, 2.24) is 10.3 Å². The van der Waals surface area contributed by atoms with Gasteiger partial charge in [-0.3, -0.25) is 9.59 Å². The molecule has 2 heterocycles. The number of Topliss-reactive ketones (excluding diaryl/α,β-unsaturated/α-hetero) is 1. The predicted octanol–water partition coefficient (Wildman–Crippen LogP) is 7.21. The molecule has 0 spiro atoms. The van der Waals surface area contributed by atoms with Crippen LogP contribution in [0.3, 0.4) is 0 Å². The van der Waals surface area contributed by atoms with E-state index in [2.05, 4.69) is 10.3 Å². The molecule has 6 rings (SSSR count). The minimum atomic E-state index is -4.36. The highest BCUT2D eigenvalue weighted by molar-refractivity contribution is 5.98. The van der Waals surface area contributed by atoms with Crippen LogP contribution in [0.5, 0.6) is 5.75 Å². The van der Waals surface area contributed by atoms with Crippen molar-refractivity contribution >= 4 is 28.5 Å². The second-order valence-corrected chi connectivity index (χ2v) is 11.4. The van der Waals surface area contributed by atoms with E-state index < -0.39 is 17.6 Å². The standard InChI is InChI=1S/C33H31F4N3O4/c34-23-7-1-20(2-8-23)30(41)21-3-9-24(10-4-21)38-31(42)32-39-28-14-13-27(19-29(28)44-32)43-26-15-17-40(18-16-26)25-11-5-22(6-12-25)33(35,36)37/h1-2,5-8,11-14,19,21,24,26H,3-4,9-10,15-18H2,(H,38,42). The number of ketones is 1. The first-order valence-electron chi connectivity index (χ1n) is 14.7. The van der Waals surface area contributed by atoms with Gasteiger partial charge in [0.05, 0.1) is 5.56 Å². The summed E-state index contributed by atoms with van der Waals surface area (Å²) < 4.78 is 63.7. The average Bonchev–Trinajstić information content (AvgIpc) is 3.45. The fourth-order valence-electron chi connectivity index (χ4n) is 5.96. The average molecular weight is 610 g/mol. The molecule has 0 radical (unpaired) electrons. The number of nitrogens with one attached hydrogen (secondary N) is 1. The molecule has 230 valence electrons. The van der Waals surface area contributed by atoms with Gasteiger partial charge in [-0.1, -0.05) is 0 Å². The normalized spacial score (nSPS) is 19.6. The van der Waals surface area contributed by atoms with Gasteiger partial charge in [-0.15, -0.1) is 0 Å². The summed E-state index contributed by atoms with van der Waals surface area (Å²) in [5.41, 5.74) is 1.52. The molecule has 3 aromatic carbocycles. The zero-order chi connectivity index (χ0) is 30.8. The van der Waals surface area contributed by atoms with Crippen LogP contribution in [0.15, 0.2) is 71.1 Å². The summed E-state index contributed by atoms with van der Waals surface area (Å²) in [4.78, 5) is 32.0. The van der Waals surface area contributed by atoms with Crippen molar-refractivity contribution in [2.75, 3.05) is 18.0 Å². The predicted molar refractivity (Wildman–Crippen MR) is 155 cm³/mol. The van der Waals surface area contributed by atoms with Gasteiger partial charge in [0, 0.05) is 55.2 Å². The molecule has 1 saturated carbocycles. The van der Waals surface area contributed by atoms with E-state index in [0.717, 1.165) is 17.8 Å². The van der Waals surface area contributed by atoms with E-state index in [1.165, 1.54) is 36.4 Å². The van der Waals surface area contributed by atoms with E-state index in [1.54, 1.807) is 18.2 Å². The van der Waals surface area contributed by atoms with Crippen molar-refractivity contribution < 1.29 is 36.3 Å². The van der Waals surface area contributed by atoms with Crippen molar-refractivity contribution in [2.45, 2.75) is 56.8 Å². The first-order chi connectivity index (χ1) is 21.1. The van der Waals surface area contributed by atoms with Crippen molar-refractivity contribution in [2.24, 2.45) is 5.92 Å². The first-order valence-corrected chi connectivity index (χ1v) is 14.7. The van der Waals surface area contributed by atoms with Gasteiger partial charge in [0.1, 0.15) is 23.2 Å². The number of amides is 1. The first kappa shape index (κ1) is 29.7. The van der Waals surface area contributed by atoms with Gasteiger partial charge < -0.3 is 19.4 Å². The van der Waals surface area contributed by atoms with E-state index in [-0.39, 0.29) is 35.6 Å². The van der Waals surface area contributed by atoms with Gasteiger partial charge in [-0.05, 0) is 86.3 Å². The number of carbonyl (C=O) groups is 2. The number of carbonyl (C=O) groups excluding carboxylic acids is 2. The maximum atomic E-state index is 13.2. The van der Waals surface area contributed by atoms with Crippen molar-refractivity contribution in [3.63, 3.8) is 0 Å². The number of benzene rings is 3. The molecule has 0 atom stereocenters. The van der Waals surface area contributed by atoms with Gasteiger partial charge in [-0.2, -0.15) is 13.2 Å². The van der Waals surface area contributed by atoms with E-state index >= 15 is 0 Å². The Kier molecular flexibility index (Phi) is 8.29. The number of aromatic nitrogens is 1. The molecule has 2 fully saturated rings. The zero-order valence-corrected chi connectivity index (χ0v) is 23.8. The topological polar surface area (TPSA) is 84.7 Å². The Morgan fingerprint density at radius 2 is 1.57 bits per heavy atom. The van der Waals surface area contributed by atoms with Crippen LogP contribution >= 0.6 is 0 Å². The number of ether oxygens (including phenoxy) is 1. The van der Waals surface area contributed by atoms with Crippen LogP contribution in [0.2, 0.25) is 0 Å². The van der Waals surface area contributed by atoms with Gasteiger partial charge in [0.15, 0.2) is 11.4 Å². The summed E-state index contributed by atoms with van der Waals surface area (Å²) in [6, 6.07) is 15.9. The molecule has 1 aliphatic carbocycles. The molecule has 4 aromatic rings. The Balaban J connectivity index is 0.993. The Morgan fingerprint density at radius 3 is 2.23 bits per heavy atom. The van der Waals surface area contributed by atoms with Crippen LogP contribution < -0.4 is 15.0 Å². The Labute approximate surface area is 251 Å². The van der Waals surface area contributed by atoms with Crippen LogP contribution in [0.1, 0.15) is 65.1 Å². The molecule has 44 heavy (non-hydrogen) atoms. The quantitative estimate of drug-likeness (QED) is 0.176. The molecule has 1 N–H and O–H groups in total. The molecular weight excluding hydrogens is 578 g/mol. The summed E-state index contributed by atoms with van der Waals surface area (Å²) in [5.74, 6) is -0.435. The Bertz CT molecular complexity index is 1620. The summed E-state index contributed by atoms with van der Waals surface area (Å²) >= 11 is 0. The van der Waals surface area contributed by atoms with Gasteiger partial charge in [-0.25, -0.2) is 9.37 Å². The summed E-state index contributed by atoms with van der Waals surface area (Å²) in [5, 5.41) is 2.96. The molecule has 1 aliphatic heterocycles. The number of hydrogen-bond acceptors (Lipinski definition) is 6. The maximum absolute atomic E-state index is 13.2. The van der Waals surface area contributed by atoms with Crippen molar-refractivity contribution in [3.05, 3.63) is 89.6 Å². The van der Waals surface area contributed by atoms with Crippen LogP contribution in [0, 0.1) is 11.7 Å². The molecule has 0 bridgehead atoms. The van der Waals surface area contributed by atoms with Crippen LogP contribution in [0.25, 0.3) is 11.1 Å². The number of anilines is 1. The number of alkyl halides is 3. The lowest BCUT2D eigenvalue weighted by atomic mass is 9.81. The monoisotopic (exact) mass is 609 g/mol. The third-order valence-electron chi connectivity index (χ3n) is 8.42. The van der Waals surface area contributed by atoms with E-state index in [0.29, 0.717) is 74.0 Å². The zero-order valence-electron chi connectivity index (χ0n) is 23.8. The summed E-state index contributed by atoms with van der Waals surface area (Å²) in [6.45, 7) is 1.29. The highest BCUT2D eigenvalue weighted by Crippen LogP contribution is 2.32. The number of piperidine rings is 1. The second kappa shape index (κ2) is 12.3. The highest BCUT2D eigenvalue weighted by atomic mass is 19.4. The molecule has 1 saturated heterocycles. The van der Waals surface area contributed by atoms with Crippen molar-refractivity contribution in [3.8, 4) is 5.75 Å². The number of hydrogen-bond donors (Lipinski definition) is 1. The van der Waals surface area contributed by atoms with E-state index in [4.69, 9.17) is 9.15 Å². The number of halogens is 4. The molecule has 1 amide bonds. The summed E-state index contributed by atoms with van der Waals surface area (Å²) in [7, 11) is 0. The lowest BCUT2D eigenvalue weighted by Gasteiger charge is -2.33. The van der Waals surface area contributed by atoms with E-state index in [1.807, 2.05) is 4.90 Å². The smallest absolute Gasteiger partial charge is 0.416 e. The molecule has 7 nitrogen and oxygen atoms in total. The Hall–Kier alpha value is -4.41. The summed E-state index contributed by atoms with van der Waals surface area (Å²) in [6.07, 6.45) is -0.517. The highest BCUT2D eigenvalue weighted by Gasteiger charge is 2.31. The number of oxazole rings is 1. The third kappa shape index (κ3) is 6.71. The van der Waals surface area contributed by atoms with E-state index in [9.17, 15) is 27.2 Å². The van der Waals surface area contributed by atoms with Crippen LogP contribution in [-0.4, -0.2) is 41.9 Å². The largest absolute Gasteiger partial charge is 0.490 e. The fraction of sp³-hybridized carbons (Fsp3) is 0.364. The molecule has 11 heteroatoms. The minimum absolute atomic E-state index is 0.00328. The van der Waals surface area contributed by atoms with Gasteiger partial charge >= 0.3 is 12.1 Å². The third-order valence-corrected chi connectivity index (χ3v) is 8.42. The molecular formula is C33H31F4N3O4. The second-order valence-electron chi connectivity index (χ2n) is 11.4. The van der Waals surface area contributed by atoms with Gasteiger partial charge in [0.2, 0.25) is 0 Å². The number of rotatable bonds is 7. The maximum Gasteiger partial charge on any atom is 0.416 e. The number of fused-ring (bicyclic) bond motifs is 1. The molecule has 1 aromatic heterocycles.